The van der Waals surface area contributed by atoms with Gasteiger partial charge in [-0.05, 0) is 85.6 Å². The summed E-state index contributed by atoms with van der Waals surface area (Å²) in [5.41, 5.74) is 4.78. The van der Waals surface area contributed by atoms with E-state index >= 15 is 0 Å². The van der Waals surface area contributed by atoms with E-state index in [1.54, 1.807) is 38.3 Å². The summed E-state index contributed by atoms with van der Waals surface area (Å²) >= 11 is 0. The van der Waals surface area contributed by atoms with Crippen molar-refractivity contribution in [2.45, 2.75) is 84.2 Å². The number of allylic oxidation sites excluding steroid dienone is 2. The van der Waals surface area contributed by atoms with Crippen LogP contribution in [0.2, 0.25) is 0 Å². The molecule has 2 aliphatic carbocycles. The molecule has 0 radical (unpaired) electrons. The summed E-state index contributed by atoms with van der Waals surface area (Å²) in [4.78, 5) is 48.0. The van der Waals surface area contributed by atoms with Crippen LogP contribution >= 0.6 is 0 Å². The molecule has 2 atom stereocenters. The summed E-state index contributed by atoms with van der Waals surface area (Å²) < 4.78 is 5.15. The number of carbonyl (C=O) groups is 3. The van der Waals surface area contributed by atoms with E-state index in [1.807, 2.05) is 36.7 Å². The van der Waals surface area contributed by atoms with Crippen molar-refractivity contribution in [3.8, 4) is 17.1 Å². The van der Waals surface area contributed by atoms with Crippen LogP contribution in [0.1, 0.15) is 81.9 Å². The molecule has 2 N–H and O–H groups in total. The lowest BCUT2D eigenvalue weighted by atomic mass is 9.71. The summed E-state index contributed by atoms with van der Waals surface area (Å²) in [6.45, 7) is 3.48. The van der Waals surface area contributed by atoms with Gasteiger partial charge >= 0.3 is 5.97 Å². The fourth-order valence-corrected chi connectivity index (χ4v) is 7.17. The van der Waals surface area contributed by atoms with Crippen LogP contribution in [0.25, 0.3) is 17.0 Å². The smallest absolute Gasteiger partial charge is 0.323 e. The number of nitrogens with zero attached hydrogens (tertiary/aromatic N) is 3. The molecule has 3 aromatic rings. The Morgan fingerprint density at radius 3 is 2.17 bits per heavy atom. The standard InChI is InChI=1S/C39H48N4O5/c1-4-27-5-11-30(12-6-27)31-15-17-32(18-16-31)34-22-40-38(41-23-34)33-13-7-29(8-14-33)24-43(25-37(45)46)39(47)26(2)42-36(44)21-28-9-19-35(48-3)20-10-28/h7-10,13-14,17,19-20,22-23,26-27,30-31H,4-6,11-12,15-16,18,21,24-25H2,1-3H3,(H,42,44)(H,45,46)/t26-,27?,30?,31?/m1/s1. The zero-order valence-corrected chi connectivity index (χ0v) is 28.4. The van der Waals surface area contributed by atoms with Crippen molar-refractivity contribution in [2.24, 2.45) is 17.8 Å². The molecule has 1 saturated carbocycles. The first-order valence-electron chi connectivity index (χ1n) is 17.3. The lowest BCUT2D eigenvalue weighted by Gasteiger charge is -2.35. The largest absolute Gasteiger partial charge is 0.497 e. The van der Waals surface area contributed by atoms with Gasteiger partial charge in [0.25, 0.3) is 0 Å². The molecular weight excluding hydrogens is 604 g/mol. The minimum Gasteiger partial charge on any atom is -0.497 e. The van der Waals surface area contributed by atoms with Gasteiger partial charge in [-0.3, -0.25) is 14.4 Å². The number of amides is 2. The van der Waals surface area contributed by atoms with Crippen molar-refractivity contribution < 1.29 is 24.2 Å². The molecule has 9 nitrogen and oxygen atoms in total. The van der Waals surface area contributed by atoms with Crippen molar-refractivity contribution in [1.29, 1.82) is 0 Å². The van der Waals surface area contributed by atoms with Gasteiger partial charge in [-0.2, -0.15) is 0 Å². The Hall–Kier alpha value is -4.53. The Morgan fingerprint density at radius 1 is 0.917 bits per heavy atom. The molecule has 0 saturated heterocycles. The highest BCUT2D eigenvalue weighted by Crippen LogP contribution is 2.41. The maximum absolute atomic E-state index is 13.2. The monoisotopic (exact) mass is 652 g/mol. The molecule has 0 bridgehead atoms. The fourth-order valence-electron chi connectivity index (χ4n) is 7.17. The van der Waals surface area contributed by atoms with Crippen LogP contribution in [0, 0.1) is 17.8 Å². The van der Waals surface area contributed by atoms with Gasteiger partial charge in [-0.25, -0.2) is 9.97 Å². The number of methoxy groups -OCH3 is 1. The molecule has 9 heteroatoms. The van der Waals surface area contributed by atoms with Crippen LogP contribution in [0.4, 0.5) is 0 Å². The number of aliphatic carboxylic acids is 1. The number of carboxylic acids is 1. The van der Waals surface area contributed by atoms with Crippen molar-refractivity contribution in [3.05, 3.63) is 83.7 Å². The lowest BCUT2D eigenvalue weighted by molar-refractivity contribution is -0.146. The molecule has 5 rings (SSSR count). The minimum atomic E-state index is -1.13. The van der Waals surface area contributed by atoms with E-state index < -0.39 is 24.5 Å². The number of hydrogen-bond acceptors (Lipinski definition) is 6. The number of ether oxygens (including phenoxy) is 1. The molecule has 2 aliphatic rings. The van der Waals surface area contributed by atoms with Gasteiger partial charge in [0.2, 0.25) is 11.8 Å². The molecule has 2 aromatic carbocycles. The highest BCUT2D eigenvalue weighted by molar-refractivity contribution is 5.89. The van der Waals surface area contributed by atoms with E-state index in [0.29, 0.717) is 11.6 Å². The maximum Gasteiger partial charge on any atom is 0.323 e. The summed E-state index contributed by atoms with van der Waals surface area (Å²) in [6, 6.07) is 13.7. The molecular formula is C39H48N4O5. The van der Waals surface area contributed by atoms with Gasteiger partial charge in [-0.1, -0.05) is 68.7 Å². The van der Waals surface area contributed by atoms with Gasteiger partial charge in [0, 0.05) is 30.1 Å². The fraction of sp³-hybridized carbons (Fsp3) is 0.462. The average Bonchev–Trinajstić information content (AvgIpc) is 3.11. The van der Waals surface area contributed by atoms with E-state index in [2.05, 4.69) is 28.3 Å². The second-order valence-corrected chi connectivity index (χ2v) is 13.3. The van der Waals surface area contributed by atoms with Crippen molar-refractivity contribution in [1.82, 2.24) is 20.2 Å². The molecule has 1 aromatic heterocycles. The lowest BCUT2D eigenvalue weighted by Crippen LogP contribution is -2.48. The van der Waals surface area contributed by atoms with E-state index in [4.69, 9.17) is 4.74 Å². The predicted molar refractivity (Wildman–Crippen MR) is 186 cm³/mol. The van der Waals surface area contributed by atoms with E-state index in [0.717, 1.165) is 52.8 Å². The highest BCUT2D eigenvalue weighted by atomic mass is 16.5. The summed E-state index contributed by atoms with van der Waals surface area (Å²) in [6.07, 6.45) is 16.7. The zero-order chi connectivity index (χ0) is 34.0. The Labute approximate surface area is 283 Å². The number of aromatic nitrogens is 2. The third-order valence-corrected chi connectivity index (χ3v) is 10.1. The molecule has 0 aliphatic heterocycles. The van der Waals surface area contributed by atoms with Crippen LogP contribution in [0.15, 0.2) is 67.0 Å². The number of nitrogens with one attached hydrogen (secondary N) is 1. The second-order valence-electron chi connectivity index (χ2n) is 13.3. The third-order valence-electron chi connectivity index (χ3n) is 10.1. The molecule has 1 fully saturated rings. The average molecular weight is 653 g/mol. The summed E-state index contributed by atoms with van der Waals surface area (Å²) in [5, 5.41) is 12.2. The molecule has 0 spiro atoms. The van der Waals surface area contributed by atoms with Crippen LogP contribution in [-0.2, 0) is 27.3 Å². The quantitative estimate of drug-likeness (QED) is 0.210. The van der Waals surface area contributed by atoms with E-state index in [-0.39, 0.29) is 18.9 Å². The number of rotatable bonds is 13. The van der Waals surface area contributed by atoms with Crippen LogP contribution in [0.3, 0.4) is 0 Å². The topological polar surface area (TPSA) is 122 Å². The first kappa shape index (κ1) is 34.8. The first-order valence-corrected chi connectivity index (χ1v) is 17.3. The Balaban J connectivity index is 1.15. The van der Waals surface area contributed by atoms with Gasteiger partial charge in [0.1, 0.15) is 18.3 Å². The number of hydrogen-bond donors (Lipinski definition) is 2. The van der Waals surface area contributed by atoms with E-state index in [1.165, 1.54) is 49.0 Å². The Kier molecular flexibility index (Phi) is 12.0. The number of carboxylic acid groups (broad SMARTS) is 1. The van der Waals surface area contributed by atoms with Crippen LogP contribution in [0.5, 0.6) is 5.75 Å². The Bertz CT molecular complexity index is 1560. The maximum atomic E-state index is 13.2. The van der Waals surface area contributed by atoms with Crippen molar-refractivity contribution in [3.63, 3.8) is 0 Å². The van der Waals surface area contributed by atoms with Crippen LogP contribution in [-0.4, -0.2) is 57.5 Å². The third kappa shape index (κ3) is 9.30. The van der Waals surface area contributed by atoms with Crippen LogP contribution < -0.4 is 10.1 Å². The SMILES string of the molecule is CCC1CCC(C2CC=C(c3cnc(-c4ccc(CN(CC(=O)O)C(=O)[C@@H](C)NC(=O)Cc5ccc(OC)cc5)cc4)nc3)CC2)CC1. The minimum absolute atomic E-state index is 0.0824. The normalized spacial score (nSPS) is 19.9. The summed E-state index contributed by atoms with van der Waals surface area (Å²) in [7, 11) is 1.57. The van der Waals surface area contributed by atoms with Crippen molar-refractivity contribution >= 4 is 23.4 Å². The van der Waals surface area contributed by atoms with Gasteiger partial charge in [0.15, 0.2) is 5.82 Å². The molecule has 254 valence electrons. The molecule has 48 heavy (non-hydrogen) atoms. The zero-order valence-electron chi connectivity index (χ0n) is 28.4. The van der Waals surface area contributed by atoms with Gasteiger partial charge in [-0.15, -0.1) is 0 Å². The number of benzene rings is 2. The predicted octanol–water partition coefficient (Wildman–Crippen LogP) is 6.71. The molecule has 1 unspecified atom stereocenters. The molecule has 2 amide bonds. The van der Waals surface area contributed by atoms with Gasteiger partial charge < -0.3 is 20.1 Å². The van der Waals surface area contributed by atoms with Crippen molar-refractivity contribution in [2.75, 3.05) is 13.7 Å². The number of carbonyl (C=O) groups excluding carboxylic acids is 2. The molecule has 1 heterocycles. The second kappa shape index (κ2) is 16.5. The van der Waals surface area contributed by atoms with E-state index in [9.17, 15) is 19.5 Å². The first-order chi connectivity index (χ1) is 23.2. The summed E-state index contributed by atoms with van der Waals surface area (Å²) in [5.74, 6) is 1.97. The highest BCUT2D eigenvalue weighted by Gasteiger charge is 2.28. The van der Waals surface area contributed by atoms with Gasteiger partial charge in [0.05, 0.1) is 13.5 Å². The Morgan fingerprint density at radius 2 is 1.58 bits per heavy atom.